The molecule has 0 aliphatic rings. The van der Waals surface area contributed by atoms with Crippen LogP contribution in [-0.2, 0) is 0 Å². The van der Waals surface area contributed by atoms with Gasteiger partial charge < -0.3 is 10.5 Å². The first kappa shape index (κ1) is 20.9. The molecule has 2 amide bonds. The van der Waals surface area contributed by atoms with E-state index in [1.807, 2.05) is 30.3 Å². The second-order valence-electron chi connectivity index (χ2n) is 6.84. The van der Waals surface area contributed by atoms with Gasteiger partial charge in [0.2, 0.25) is 5.54 Å². The van der Waals surface area contributed by atoms with E-state index >= 15 is 0 Å². The fourth-order valence-electron chi connectivity index (χ4n) is 2.91. The minimum absolute atomic E-state index is 0.227. The van der Waals surface area contributed by atoms with E-state index in [4.69, 9.17) is 10.5 Å². The van der Waals surface area contributed by atoms with Crippen molar-refractivity contribution in [3.05, 3.63) is 75.8 Å². The molecule has 0 saturated heterocycles. The fraction of sp³-hybridized carbons (Fsp3) is 0.300. The summed E-state index contributed by atoms with van der Waals surface area (Å²) in [6.07, 6.45) is 0.227. The van der Waals surface area contributed by atoms with Crippen molar-refractivity contribution in [2.45, 2.75) is 31.7 Å². The highest BCUT2D eigenvalue weighted by atomic mass is 16.6. The van der Waals surface area contributed by atoms with Gasteiger partial charge >= 0.3 is 6.03 Å². The van der Waals surface area contributed by atoms with Crippen molar-refractivity contribution in [3.63, 3.8) is 0 Å². The van der Waals surface area contributed by atoms with Gasteiger partial charge in [0.25, 0.3) is 0 Å². The van der Waals surface area contributed by atoms with Crippen LogP contribution in [0, 0.1) is 10.1 Å². The predicted molar refractivity (Wildman–Crippen MR) is 107 cm³/mol. The number of nitrogens with two attached hydrogens (primary N) is 1. The third-order valence-corrected chi connectivity index (χ3v) is 4.65. The highest BCUT2D eigenvalue weighted by Gasteiger charge is 2.42. The van der Waals surface area contributed by atoms with Crippen LogP contribution in [0.15, 0.2) is 59.7 Å². The van der Waals surface area contributed by atoms with E-state index in [2.05, 4.69) is 10.5 Å². The molecule has 0 spiro atoms. The number of primary amides is 1. The van der Waals surface area contributed by atoms with Crippen LogP contribution in [0.5, 0.6) is 5.75 Å². The van der Waals surface area contributed by atoms with Crippen LogP contribution in [0.25, 0.3) is 0 Å². The molecule has 8 nitrogen and oxygen atoms in total. The number of methoxy groups -OCH3 is 1. The molecule has 0 aromatic heterocycles. The Hall–Kier alpha value is -3.42. The van der Waals surface area contributed by atoms with Gasteiger partial charge in [0.05, 0.1) is 18.7 Å². The Morgan fingerprint density at radius 1 is 1.21 bits per heavy atom. The first-order valence-corrected chi connectivity index (χ1v) is 8.71. The molecule has 2 rings (SSSR count). The van der Waals surface area contributed by atoms with E-state index in [9.17, 15) is 14.9 Å². The predicted octanol–water partition coefficient (Wildman–Crippen LogP) is 3.30. The Kier molecular flexibility index (Phi) is 6.70. The summed E-state index contributed by atoms with van der Waals surface area (Å²) in [5.74, 6) is 0.149. The third-order valence-electron chi connectivity index (χ3n) is 4.65. The normalized spacial score (nSPS) is 12.9. The molecular weight excluding hydrogens is 360 g/mol. The van der Waals surface area contributed by atoms with E-state index in [1.165, 1.54) is 0 Å². The Morgan fingerprint density at radius 3 is 2.32 bits per heavy atom. The van der Waals surface area contributed by atoms with Gasteiger partial charge in [-0.2, -0.15) is 5.10 Å². The summed E-state index contributed by atoms with van der Waals surface area (Å²) in [5.41, 5.74) is 8.11. The van der Waals surface area contributed by atoms with Crippen molar-refractivity contribution in [2.75, 3.05) is 7.11 Å². The smallest absolute Gasteiger partial charge is 0.332 e. The molecule has 2 aromatic carbocycles. The Labute approximate surface area is 163 Å². The summed E-state index contributed by atoms with van der Waals surface area (Å²) in [5, 5.41) is 15.9. The molecule has 3 N–H and O–H groups in total. The van der Waals surface area contributed by atoms with Gasteiger partial charge in [0, 0.05) is 25.2 Å². The van der Waals surface area contributed by atoms with Crippen LogP contribution in [0.4, 0.5) is 4.79 Å². The van der Waals surface area contributed by atoms with Crippen LogP contribution >= 0.6 is 0 Å². The first-order chi connectivity index (χ1) is 13.3. The molecule has 0 saturated carbocycles. The number of hydrogen-bond donors (Lipinski definition) is 2. The van der Waals surface area contributed by atoms with Gasteiger partial charge in [-0.15, -0.1) is 0 Å². The lowest BCUT2D eigenvalue weighted by Crippen LogP contribution is -2.39. The number of amides is 2. The number of benzene rings is 2. The highest BCUT2D eigenvalue weighted by Crippen LogP contribution is 2.35. The summed E-state index contributed by atoms with van der Waals surface area (Å²) < 4.78 is 5.18. The Balaban J connectivity index is 2.49. The minimum atomic E-state index is -1.28. The molecule has 0 bridgehead atoms. The van der Waals surface area contributed by atoms with Gasteiger partial charge in [0.15, 0.2) is 0 Å². The molecule has 8 heteroatoms. The number of nitro groups is 1. The molecule has 148 valence electrons. The summed E-state index contributed by atoms with van der Waals surface area (Å²) in [7, 11) is 1.56. The standard InChI is InChI=1S/C20H24N4O4/c1-20(2,24(26)27)17(14-9-11-16(28-3)12-10-14)13-18(22-23-19(21)25)15-7-5-4-6-8-15/h4-12,17H,13H2,1-3H3,(H3,21,23,25)/b22-18-. The largest absolute Gasteiger partial charge is 0.497 e. The van der Waals surface area contributed by atoms with Gasteiger partial charge in [0.1, 0.15) is 5.75 Å². The van der Waals surface area contributed by atoms with Crippen molar-refractivity contribution >= 4 is 11.7 Å². The lowest BCUT2D eigenvalue weighted by Gasteiger charge is -2.28. The van der Waals surface area contributed by atoms with Crippen molar-refractivity contribution < 1.29 is 14.5 Å². The van der Waals surface area contributed by atoms with Crippen LogP contribution in [0.1, 0.15) is 37.3 Å². The summed E-state index contributed by atoms with van der Waals surface area (Å²) in [6, 6.07) is 15.5. The summed E-state index contributed by atoms with van der Waals surface area (Å²) in [4.78, 5) is 22.6. The van der Waals surface area contributed by atoms with E-state index < -0.39 is 17.5 Å². The maximum atomic E-state index is 11.8. The van der Waals surface area contributed by atoms with Crippen LogP contribution in [0.2, 0.25) is 0 Å². The topological polar surface area (TPSA) is 120 Å². The molecular formula is C20H24N4O4. The van der Waals surface area contributed by atoms with Crippen molar-refractivity contribution in [1.29, 1.82) is 0 Å². The second kappa shape index (κ2) is 8.98. The maximum absolute atomic E-state index is 11.8. The van der Waals surface area contributed by atoms with Gasteiger partial charge in [-0.1, -0.05) is 42.5 Å². The molecule has 2 aromatic rings. The highest BCUT2D eigenvalue weighted by molar-refractivity contribution is 6.01. The summed E-state index contributed by atoms with van der Waals surface area (Å²) in [6.45, 7) is 3.15. The summed E-state index contributed by atoms with van der Waals surface area (Å²) >= 11 is 0. The lowest BCUT2D eigenvalue weighted by molar-refractivity contribution is -0.565. The van der Waals surface area contributed by atoms with E-state index in [-0.39, 0.29) is 11.3 Å². The zero-order chi connectivity index (χ0) is 20.7. The average Bonchev–Trinajstić information content (AvgIpc) is 2.68. The number of carbonyl (C=O) groups is 1. The quantitative estimate of drug-likeness (QED) is 0.412. The Bertz CT molecular complexity index is 848. The van der Waals surface area contributed by atoms with E-state index in [0.29, 0.717) is 11.5 Å². The number of ether oxygens (including phenoxy) is 1. The number of rotatable bonds is 8. The average molecular weight is 384 g/mol. The SMILES string of the molecule is COc1ccc(C(C/C(=N/NC(N)=O)c2ccccc2)C(C)(C)[N+](=O)[O-])cc1. The molecule has 28 heavy (non-hydrogen) atoms. The monoisotopic (exact) mass is 384 g/mol. The number of hydrogen-bond acceptors (Lipinski definition) is 5. The molecule has 0 fully saturated rings. The van der Waals surface area contributed by atoms with Gasteiger partial charge in [-0.25, -0.2) is 10.2 Å². The zero-order valence-electron chi connectivity index (χ0n) is 16.1. The maximum Gasteiger partial charge on any atom is 0.332 e. The second-order valence-corrected chi connectivity index (χ2v) is 6.84. The molecule has 0 aliphatic carbocycles. The van der Waals surface area contributed by atoms with Crippen LogP contribution < -0.4 is 15.9 Å². The first-order valence-electron chi connectivity index (χ1n) is 8.71. The molecule has 0 radical (unpaired) electrons. The van der Waals surface area contributed by atoms with Crippen molar-refractivity contribution in [2.24, 2.45) is 10.8 Å². The molecule has 0 aliphatic heterocycles. The van der Waals surface area contributed by atoms with Crippen molar-refractivity contribution in [3.8, 4) is 5.75 Å². The van der Waals surface area contributed by atoms with E-state index in [0.717, 1.165) is 11.1 Å². The number of urea groups is 1. The number of nitrogens with zero attached hydrogens (tertiary/aromatic N) is 2. The third kappa shape index (κ3) is 5.06. The molecule has 1 unspecified atom stereocenters. The lowest BCUT2D eigenvalue weighted by atomic mass is 9.78. The molecule has 0 heterocycles. The van der Waals surface area contributed by atoms with Crippen LogP contribution in [0.3, 0.4) is 0 Å². The van der Waals surface area contributed by atoms with Gasteiger partial charge in [-0.3, -0.25) is 10.1 Å². The van der Waals surface area contributed by atoms with E-state index in [1.54, 1.807) is 45.2 Å². The zero-order valence-corrected chi connectivity index (χ0v) is 16.1. The van der Waals surface area contributed by atoms with Crippen molar-refractivity contribution in [1.82, 2.24) is 5.43 Å². The molecule has 1 atom stereocenters. The van der Waals surface area contributed by atoms with Crippen LogP contribution in [-0.4, -0.2) is 29.3 Å². The Morgan fingerprint density at radius 2 is 1.82 bits per heavy atom. The number of hydrazone groups is 1. The number of carbonyl (C=O) groups excluding carboxylic acids is 1. The minimum Gasteiger partial charge on any atom is -0.497 e. The fourth-order valence-corrected chi connectivity index (χ4v) is 2.91. The van der Waals surface area contributed by atoms with Gasteiger partial charge in [-0.05, 0) is 23.3 Å². The number of nitrogens with one attached hydrogen (secondary N) is 1.